The molecule has 6 nitrogen and oxygen atoms in total. The number of rotatable bonds is 3. The summed E-state index contributed by atoms with van der Waals surface area (Å²) in [4.78, 5) is 14.4. The highest BCUT2D eigenvalue weighted by Crippen LogP contribution is 2.65. The molecule has 6 heteroatoms. The lowest BCUT2D eigenvalue weighted by atomic mass is 9.48. The van der Waals surface area contributed by atoms with Gasteiger partial charge >= 0.3 is 0 Å². The van der Waals surface area contributed by atoms with Gasteiger partial charge in [0, 0.05) is 25.1 Å². The Morgan fingerprint density at radius 1 is 1.32 bits per heavy atom. The maximum atomic E-state index is 12.2. The highest BCUT2D eigenvalue weighted by Gasteiger charge is 2.73. The van der Waals surface area contributed by atoms with E-state index in [-0.39, 0.29) is 29.8 Å². The number of ether oxygens (including phenoxy) is 1. The van der Waals surface area contributed by atoms with Crippen molar-refractivity contribution >= 4 is 5.91 Å². The van der Waals surface area contributed by atoms with Crippen LogP contribution in [-0.4, -0.2) is 57.9 Å². The van der Waals surface area contributed by atoms with E-state index in [1.54, 1.807) is 6.07 Å². The van der Waals surface area contributed by atoms with E-state index in [1.165, 1.54) is 25.3 Å². The van der Waals surface area contributed by atoms with Crippen molar-refractivity contribution in [3.8, 4) is 11.5 Å². The Labute approximate surface area is 164 Å². The zero-order chi connectivity index (χ0) is 19.3. The lowest BCUT2D eigenvalue weighted by Crippen LogP contribution is -2.78. The number of carbonyl (C=O) groups is 1. The van der Waals surface area contributed by atoms with Gasteiger partial charge in [-0.2, -0.15) is 0 Å². The summed E-state index contributed by atoms with van der Waals surface area (Å²) in [5.74, 6) is 1.38. The molecule has 0 radical (unpaired) electrons. The average molecular weight is 384 g/mol. The lowest BCUT2D eigenvalue weighted by molar-refractivity contribution is -0.192. The Kier molecular flexibility index (Phi) is 3.31. The van der Waals surface area contributed by atoms with Gasteiger partial charge in [-0.1, -0.05) is 6.07 Å². The number of hydrogen-bond acceptors (Lipinski definition) is 5. The summed E-state index contributed by atoms with van der Waals surface area (Å²) < 4.78 is 6.37. The van der Waals surface area contributed by atoms with Crippen molar-refractivity contribution in [3.63, 3.8) is 0 Å². The summed E-state index contributed by atoms with van der Waals surface area (Å²) in [5.41, 5.74) is 0.766. The summed E-state index contributed by atoms with van der Waals surface area (Å²) >= 11 is 0. The van der Waals surface area contributed by atoms with Gasteiger partial charge in [0.1, 0.15) is 6.10 Å². The van der Waals surface area contributed by atoms with E-state index in [0.717, 1.165) is 37.4 Å². The number of aliphatic hydroxyl groups is 1. The molecule has 6 rings (SSSR count). The Morgan fingerprint density at radius 3 is 2.89 bits per heavy atom. The van der Waals surface area contributed by atoms with Crippen LogP contribution >= 0.6 is 0 Å². The topological polar surface area (TPSA) is 82.0 Å². The minimum absolute atomic E-state index is 0.0747. The highest BCUT2D eigenvalue weighted by atomic mass is 16.5. The van der Waals surface area contributed by atoms with Crippen LogP contribution in [0.5, 0.6) is 11.5 Å². The molecule has 1 spiro atoms. The summed E-state index contributed by atoms with van der Waals surface area (Å²) in [7, 11) is 0. The number of phenols is 1. The first kappa shape index (κ1) is 17.1. The van der Waals surface area contributed by atoms with Crippen molar-refractivity contribution in [2.45, 2.75) is 74.7 Å². The van der Waals surface area contributed by atoms with Crippen molar-refractivity contribution in [1.29, 1.82) is 0 Å². The standard InChI is InChI=1S/C22H28N2O4/c1-12(25)23-15-6-7-22(27)17-10-14-4-5-16(26)19-18(14)21(22,20(15)28-19)8-9-24(17)11-13-2-3-13/h4-5,13,15,17,20,26-27H,2-3,6-11H2,1H3,(H,23,25)/t15?,17?,20-,21?,22+/m0/s1. The van der Waals surface area contributed by atoms with Gasteiger partial charge < -0.3 is 20.3 Å². The number of amides is 1. The van der Waals surface area contributed by atoms with Crippen molar-refractivity contribution in [3.05, 3.63) is 23.3 Å². The Hall–Kier alpha value is -1.79. The minimum Gasteiger partial charge on any atom is -0.504 e. The molecule has 28 heavy (non-hydrogen) atoms. The fraction of sp³-hybridized carbons (Fsp3) is 0.682. The number of nitrogens with zero attached hydrogens (tertiary/aromatic N) is 1. The largest absolute Gasteiger partial charge is 0.504 e. The van der Waals surface area contributed by atoms with Gasteiger partial charge in [-0.15, -0.1) is 0 Å². The molecular formula is C22H28N2O4. The fourth-order valence-corrected chi connectivity index (χ4v) is 6.89. The first-order valence-corrected chi connectivity index (χ1v) is 10.7. The zero-order valence-electron chi connectivity index (χ0n) is 16.3. The van der Waals surface area contributed by atoms with Gasteiger partial charge in [0.25, 0.3) is 0 Å². The van der Waals surface area contributed by atoms with Crippen LogP contribution in [0, 0.1) is 5.92 Å². The second-order valence-corrected chi connectivity index (χ2v) is 9.64. The maximum absolute atomic E-state index is 12.2. The number of carbonyl (C=O) groups excluding carboxylic acids is 1. The van der Waals surface area contributed by atoms with Gasteiger partial charge in [-0.3, -0.25) is 9.69 Å². The van der Waals surface area contributed by atoms with Crippen LogP contribution in [0.2, 0.25) is 0 Å². The number of aromatic hydroxyl groups is 1. The SMILES string of the molecule is CC(=O)NC1CC[C@@]2(O)C3Cc4ccc(O)c5c4C2(CCN3CC2CC2)[C@H]1O5. The van der Waals surface area contributed by atoms with E-state index in [0.29, 0.717) is 18.6 Å². The summed E-state index contributed by atoms with van der Waals surface area (Å²) in [6, 6.07) is 3.66. The Morgan fingerprint density at radius 2 is 2.14 bits per heavy atom. The van der Waals surface area contributed by atoms with E-state index < -0.39 is 11.0 Å². The monoisotopic (exact) mass is 384 g/mol. The average Bonchev–Trinajstić information content (AvgIpc) is 3.38. The maximum Gasteiger partial charge on any atom is 0.217 e. The van der Waals surface area contributed by atoms with E-state index in [9.17, 15) is 15.0 Å². The predicted octanol–water partition coefficient (Wildman–Crippen LogP) is 1.46. The normalized spacial score (nSPS) is 40.6. The Balaban J connectivity index is 1.52. The lowest BCUT2D eigenvalue weighted by Gasteiger charge is -2.64. The van der Waals surface area contributed by atoms with Crippen LogP contribution in [0.3, 0.4) is 0 Å². The van der Waals surface area contributed by atoms with Crippen molar-refractivity contribution in [2.24, 2.45) is 5.92 Å². The molecule has 2 aliphatic heterocycles. The van der Waals surface area contributed by atoms with Gasteiger partial charge in [0.2, 0.25) is 5.91 Å². The molecule has 5 aliphatic rings. The fourth-order valence-electron chi connectivity index (χ4n) is 6.89. The van der Waals surface area contributed by atoms with E-state index in [4.69, 9.17) is 4.74 Å². The third kappa shape index (κ3) is 1.98. The number of hydrogen-bond donors (Lipinski definition) is 3. The van der Waals surface area contributed by atoms with Crippen LogP contribution in [-0.2, 0) is 16.6 Å². The molecule has 1 aromatic carbocycles. The molecule has 3 fully saturated rings. The molecule has 0 aromatic heterocycles. The molecule has 3 aliphatic carbocycles. The summed E-state index contributed by atoms with van der Waals surface area (Å²) in [6.45, 7) is 3.54. The number of phenolic OH excluding ortho intramolecular Hbond substituents is 1. The zero-order valence-corrected chi connectivity index (χ0v) is 16.3. The van der Waals surface area contributed by atoms with E-state index >= 15 is 0 Å². The van der Waals surface area contributed by atoms with Gasteiger partial charge in [0.05, 0.1) is 17.1 Å². The molecular weight excluding hydrogens is 356 g/mol. The van der Waals surface area contributed by atoms with Crippen LogP contribution < -0.4 is 10.1 Å². The number of likely N-dealkylation sites (tertiary alicyclic amines) is 1. The molecule has 1 aromatic rings. The first-order valence-electron chi connectivity index (χ1n) is 10.7. The molecule has 150 valence electrons. The second kappa shape index (κ2) is 5.42. The van der Waals surface area contributed by atoms with Gasteiger partial charge in [0.15, 0.2) is 11.5 Å². The number of piperidine rings is 1. The smallest absolute Gasteiger partial charge is 0.217 e. The number of nitrogens with one attached hydrogen (secondary N) is 1. The third-order valence-corrected chi connectivity index (χ3v) is 8.15. The molecule has 2 bridgehead atoms. The molecule has 3 unspecified atom stereocenters. The second-order valence-electron chi connectivity index (χ2n) is 9.64. The van der Waals surface area contributed by atoms with E-state index in [1.807, 2.05) is 6.07 Å². The quantitative estimate of drug-likeness (QED) is 0.735. The number of benzene rings is 1. The van der Waals surface area contributed by atoms with Gasteiger partial charge in [-0.05, 0) is 62.6 Å². The molecule has 2 saturated carbocycles. The molecule has 5 atom stereocenters. The van der Waals surface area contributed by atoms with Crippen LogP contribution in [0.25, 0.3) is 0 Å². The van der Waals surface area contributed by atoms with E-state index in [2.05, 4.69) is 10.2 Å². The Bertz CT molecular complexity index is 868. The first-order chi connectivity index (χ1) is 13.4. The van der Waals surface area contributed by atoms with Crippen molar-refractivity contribution < 1.29 is 19.7 Å². The van der Waals surface area contributed by atoms with Crippen LogP contribution in [0.1, 0.15) is 50.2 Å². The molecule has 2 heterocycles. The minimum atomic E-state index is -0.883. The highest BCUT2D eigenvalue weighted by molar-refractivity contribution is 5.73. The van der Waals surface area contributed by atoms with Crippen LogP contribution in [0.4, 0.5) is 0 Å². The summed E-state index contributed by atoms with van der Waals surface area (Å²) in [5, 5.41) is 25.8. The third-order valence-electron chi connectivity index (χ3n) is 8.15. The van der Waals surface area contributed by atoms with Crippen molar-refractivity contribution in [1.82, 2.24) is 10.2 Å². The molecule has 3 N–H and O–H groups in total. The van der Waals surface area contributed by atoms with Crippen LogP contribution in [0.15, 0.2) is 12.1 Å². The molecule has 1 amide bonds. The molecule has 1 saturated heterocycles. The van der Waals surface area contributed by atoms with Gasteiger partial charge in [-0.25, -0.2) is 0 Å². The predicted molar refractivity (Wildman–Crippen MR) is 102 cm³/mol. The van der Waals surface area contributed by atoms with Crippen molar-refractivity contribution in [2.75, 3.05) is 13.1 Å². The summed E-state index contributed by atoms with van der Waals surface area (Å²) in [6.07, 6.45) is 5.22.